The van der Waals surface area contributed by atoms with E-state index in [1.54, 1.807) is 12.1 Å². The molecular weight excluding hydrogens is 901 g/mol. The van der Waals surface area contributed by atoms with Crippen LogP contribution in [0.2, 0.25) is 0 Å². The summed E-state index contributed by atoms with van der Waals surface area (Å²) in [6.45, 7) is 9.59. The lowest BCUT2D eigenvalue weighted by molar-refractivity contribution is 0.0712. The minimum absolute atomic E-state index is 0.0533. The Balaban J connectivity index is 1.17. The van der Waals surface area contributed by atoms with Crippen LogP contribution in [0, 0.1) is 11.8 Å². The first kappa shape index (κ1) is 53.5. The monoisotopic (exact) mass is 964 g/mol. The molecule has 0 saturated carbocycles. The summed E-state index contributed by atoms with van der Waals surface area (Å²) in [6, 6.07) is 22.1. The van der Waals surface area contributed by atoms with Crippen LogP contribution in [0.1, 0.15) is 120 Å². The van der Waals surface area contributed by atoms with E-state index in [0.717, 1.165) is 51.4 Å². The van der Waals surface area contributed by atoms with Crippen LogP contribution in [0.25, 0.3) is 0 Å². The van der Waals surface area contributed by atoms with Crippen LogP contribution in [0.5, 0.6) is 63.2 Å². The average Bonchev–Trinajstić information content (AvgIpc) is 3.38. The summed E-state index contributed by atoms with van der Waals surface area (Å²) in [6.07, 6.45) is 8.51. The second-order valence-corrected chi connectivity index (χ2v) is 16.3. The molecule has 5 aromatic carbocycles. The zero-order chi connectivity index (χ0) is 50.6. The predicted molar refractivity (Wildman–Crippen MR) is 262 cm³/mol. The number of unbranched alkanes of at least 4 members (excludes halogenated alkanes) is 2. The standard InChI is InChI=1S/C55H64O15/c1-10-14-16-35(12-3)33-65-50-31-45(60-5)42(29-48(50)63-8)54(58)67-39-22-18-37(19-23-39)52(56)69-41-26-27-44(47(28-41)62-7)70-53(57)38-20-24-40(25-21-38)68-55(59)43-30-49(64-9)51(32-46(43)61-6)66-34-36(13-4)17-15-11-2/h18-32,35-36H,10-17,33-34H2,1-9H3. The minimum atomic E-state index is -0.731. The van der Waals surface area contributed by atoms with Gasteiger partial charge >= 0.3 is 23.9 Å². The number of hydrogen-bond acceptors (Lipinski definition) is 15. The van der Waals surface area contributed by atoms with Crippen LogP contribution < -0.4 is 52.1 Å². The third-order valence-electron chi connectivity index (χ3n) is 11.6. The molecule has 0 aromatic heterocycles. The van der Waals surface area contributed by atoms with Gasteiger partial charge in [-0.25, -0.2) is 19.2 Å². The van der Waals surface area contributed by atoms with Crippen molar-refractivity contribution in [2.75, 3.05) is 48.8 Å². The molecule has 2 atom stereocenters. The van der Waals surface area contributed by atoms with Crippen LogP contribution in [-0.2, 0) is 0 Å². The molecule has 15 heteroatoms. The molecule has 0 radical (unpaired) electrons. The fourth-order valence-electron chi connectivity index (χ4n) is 7.26. The van der Waals surface area contributed by atoms with Crippen molar-refractivity contribution in [2.24, 2.45) is 11.8 Å². The molecule has 5 rings (SSSR count). The van der Waals surface area contributed by atoms with Gasteiger partial charge in [-0.2, -0.15) is 0 Å². The summed E-state index contributed by atoms with van der Waals surface area (Å²) in [7, 11) is 7.25. The lowest BCUT2D eigenvalue weighted by atomic mass is 10.0. The van der Waals surface area contributed by atoms with Crippen LogP contribution in [0.3, 0.4) is 0 Å². The van der Waals surface area contributed by atoms with E-state index in [2.05, 4.69) is 27.7 Å². The topological polar surface area (TPSA) is 170 Å². The first-order valence-electron chi connectivity index (χ1n) is 23.5. The smallest absolute Gasteiger partial charge is 0.347 e. The molecule has 2 unspecified atom stereocenters. The first-order valence-corrected chi connectivity index (χ1v) is 23.5. The maximum atomic E-state index is 13.3. The van der Waals surface area contributed by atoms with Gasteiger partial charge in [-0.1, -0.05) is 66.2 Å². The van der Waals surface area contributed by atoms with Crippen molar-refractivity contribution < 1.29 is 71.3 Å². The maximum Gasteiger partial charge on any atom is 0.347 e. The lowest BCUT2D eigenvalue weighted by Gasteiger charge is -2.19. The van der Waals surface area contributed by atoms with Gasteiger partial charge in [-0.3, -0.25) is 0 Å². The number of ether oxygens (including phenoxy) is 11. The molecule has 0 aliphatic carbocycles. The van der Waals surface area contributed by atoms with Crippen LogP contribution in [0.15, 0.2) is 91.0 Å². The molecule has 374 valence electrons. The summed E-state index contributed by atoms with van der Waals surface area (Å²) >= 11 is 0. The van der Waals surface area contributed by atoms with E-state index in [4.69, 9.17) is 52.1 Å². The van der Waals surface area contributed by atoms with Crippen molar-refractivity contribution in [3.05, 3.63) is 113 Å². The number of benzene rings is 5. The molecule has 0 N–H and O–H groups in total. The van der Waals surface area contributed by atoms with E-state index in [0.29, 0.717) is 48.0 Å². The van der Waals surface area contributed by atoms with E-state index in [1.165, 1.54) is 114 Å². The third-order valence-corrected chi connectivity index (χ3v) is 11.6. The normalized spacial score (nSPS) is 11.6. The van der Waals surface area contributed by atoms with Gasteiger partial charge in [-0.05, 0) is 85.3 Å². The van der Waals surface area contributed by atoms with Gasteiger partial charge < -0.3 is 52.1 Å². The molecule has 0 aliphatic rings. The van der Waals surface area contributed by atoms with Crippen LogP contribution in [0.4, 0.5) is 0 Å². The summed E-state index contributed by atoms with van der Waals surface area (Å²) in [5.41, 5.74) is 0.555. The minimum Gasteiger partial charge on any atom is -0.496 e. The Morgan fingerprint density at radius 1 is 0.386 bits per heavy atom. The van der Waals surface area contributed by atoms with Gasteiger partial charge in [0.05, 0.1) is 59.9 Å². The van der Waals surface area contributed by atoms with Gasteiger partial charge in [0.25, 0.3) is 0 Å². The Morgan fingerprint density at radius 2 is 0.757 bits per heavy atom. The average molecular weight is 965 g/mol. The van der Waals surface area contributed by atoms with Crippen LogP contribution in [-0.4, -0.2) is 72.6 Å². The highest BCUT2D eigenvalue weighted by molar-refractivity contribution is 5.96. The van der Waals surface area contributed by atoms with Gasteiger partial charge in [-0.15, -0.1) is 0 Å². The zero-order valence-electron chi connectivity index (χ0n) is 41.5. The Kier molecular flexibility index (Phi) is 20.6. The largest absolute Gasteiger partial charge is 0.496 e. The molecule has 15 nitrogen and oxygen atoms in total. The second kappa shape index (κ2) is 26.9. The van der Waals surface area contributed by atoms with Gasteiger partial charge in [0, 0.05) is 30.3 Å². The number of carbonyl (C=O) groups excluding carboxylic acids is 4. The molecule has 0 spiro atoms. The first-order chi connectivity index (χ1) is 33.9. The molecule has 5 aromatic rings. The number of esters is 4. The van der Waals surface area contributed by atoms with E-state index in [9.17, 15) is 19.2 Å². The van der Waals surface area contributed by atoms with Crippen molar-refractivity contribution in [3.8, 4) is 63.2 Å². The van der Waals surface area contributed by atoms with Crippen LogP contribution >= 0.6 is 0 Å². The molecule has 0 amide bonds. The van der Waals surface area contributed by atoms with Crippen molar-refractivity contribution in [1.29, 1.82) is 0 Å². The molecule has 0 bridgehead atoms. The summed E-state index contributed by atoms with van der Waals surface area (Å²) < 4.78 is 62.2. The molecule has 0 fully saturated rings. The molecule has 0 heterocycles. The molecule has 0 saturated heterocycles. The zero-order valence-corrected chi connectivity index (χ0v) is 41.5. The lowest BCUT2D eigenvalue weighted by Crippen LogP contribution is -2.14. The van der Waals surface area contributed by atoms with Gasteiger partial charge in [0.1, 0.15) is 39.9 Å². The second-order valence-electron chi connectivity index (χ2n) is 16.3. The Hall–Kier alpha value is -7.42. The van der Waals surface area contributed by atoms with Gasteiger partial charge in [0.15, 0.2) is 34.5 Å². The number of rotatable bonds is 27. The summed E-state index contributed by atoms with van der Waals surface area (Å²) in [5, 5.41) is 0. The summed E-state index contributed by atoms with van der Waals surface area (Å²) in [5.74, 6) is 0.630. The van der Waals surface area contributed by atoms with Crippen molar-refractivity contribution in [3.63, 3.8) is 0 Å². The highest BCUT2D eigenvalue weighted by atomic mass is 16.6. The van der Waals surface area contributed by atoms with Crippen molar-refractivity contribution in [1.82, 2.24) is 0 Å². The van der Waals surface area contributed by atoms with E-state index < -0.39 is 23.9 Å². The molecule has 0 aliphatic heterocycles. The number of hydrogen-bond donors (Lipinski definition) is 0. The SMILES string of the molecule is CCCCC(CC)COc1cc(OC)c(C(=O)Oc2ccc(C(=O)Oc3ccc(OC(=O)c4ccc(OC(=O)c5cc(OC)c(OCC(CC)CCCC)cc5OC)cc4)c(OC)c3)cc2)cc1OC. The molecular formula is C55H64O15. The number of carbonyl (C=O) groups is 4. The Bertz CT molecular complexity index is 2520. The van der Waals surface area contributed by atoms with E-state index in [1.807, 2.05) is 0 Å². The van der Waals surface area contributed by atoms with Gasteiger partial charge in [0.2, 0.25) is 0 Å². The molecule has 70 heavy (non-hydrogen) atoms. The number of methoxy groups -OCH3 is 5. The van der Waals surface area contributed by atoms with E-state index >= 15 is 0 Å². The van der Waals surface area contributed by atoms with Crippen molar-refractivity contribution >= 4 is 23.9 Å². The summed E-state index contributed by atoms with van der Waals surface area (Å²) in [4.78, 5) is 53.0. The Morgan fingerprint density at radius 3 is 1.14 bits per heavy atom. The highest BCUT2D eigenvalue weighted by Gasteiger charge is 2.24. The quantitative estimate of drug-likeness (QED) is 0.0359. The fraction of sp³-hybridized carbons (Fsp3) is 0.382. The van der Waals surface area contributed by atoms with E-state index in [-0.39, 0.29) is 62.5 Å². The predicted octanol–water partition coefficient (Wildman–Crippen LogP) is 11.8. The fourth-order valence-corrected chi connectivity index (χ4v) is 7.26. The highest BCUT2D eigenvalue weighted by Crippen LogP contribution is 2.38. The Labute approximate surface area is 410 Å². The van der Waals surface area contributed by atoms with Crippen molar-refractivity contribution in [2.45, 2.75) is 79.1 Å². The third kappa shape index (κ3) is 14.5. The maximum absolute atomic E-state index is 13.3.